The highest BCUT2D eigenvalue weighted by Gasteiger charge is 2.25. The number of amides is 1. The van der Waals surface area contributed by atoms with E-state index in [0.717, 1.165) is 17.7 Å². The van der Waals surface area contributed by atoms with Crippen molar-refractivity contribution in [3.05, 3.63) is 58.9 Å². The van der Waals surface area contributed by atoms with Gasteiger partial charge < -0.3 is 9.42 Å². The Morgan fingerprint density at radius 3 is 2.72 bits per heavy atom. The maximum absolute atomic E-state index is 12.9. The Balaban J connectivity index is 1.51. The molecule has 0 unspecified atom stereocenters. The third kappa shape index (κ3) is 4.98. The van der Waals surface area contributed by atoms with Crippen LogP contribution in [0.1, 0.15) is 29.1 Å². The summed E-state index contributed by atoms with van der Waals surface area (Å²) in [6.07, 6.45) is 3.78. The Labute approximate surface area is 195 Å². The van der Waals surface area contributed by atoms with Crippen LogP contribution in [0.3, 0.4) is 0 Å². The van der Waals surface area contributed by atoms with Crippen molar-refractivity contribution in [3.63, 3.8) is 0 Å². The van der Waals surface area contributed by atoms with Gasteiger partial charge in [0.25, 0.3) is 5.91 Å². The molecule has 0 atom stereocenters. The summed E-state index contributed by atoms with van der Waals surface area (Å²) >= 11 is 7.39. The zero-order valence-electron chi connectivity index (χ0n) is 17.2. The van der Waals surface area contributed by atoms with Gasteiger partial charge in [-0.2, -0.15) is 4.98 Å². The molecule has 1 aliphatic rings. The van der Waals surface area contributed by atoms with Crippen LogP contribution >= 0.6 is 23.4 Å². The molecule has 1 saturated heterocycles. The fourth-order valence-corrected chi connectivity index (χ4v) is 5.18. The van der Waals surface area contributed by atoms with Crippen LogP contribution < -0.4 is 4.72 Å². The van der Waals surface area contributed by atoms with Gasteiger partial charge in [-0.25, -0.2) is 13.1 Å². The normalized spacial score (nSPS) is 14.1. The molecule has 2 aromatic carbocycles. The quantitative estimate of drug-likeness (QED) is 0.499. The lowest BCUT2D eigenvalue weighted by Crippen LogP contribution is -2.29. The lowest BCUT2D eigenvalue weighted by molar-refractivity contribution is 0.0789. The molecular weight excluding hydrogens is 472 g/mol. The minimum Gasteiger partial charge on any atom is -0.339 e. The molecule has 168 valence electrons. The van der Waals surface area contributed by atoms with E-state index in [-0.39, 0.29) is 23.2 Å². The Kier molecular flexibility index (Phi) is 6.85. The van der Waals surface area contributed by atoms with E-state index in [1.807, 2.05) is 6.26 Å². The average Bonchev–Trinajstić information content (AvgIpc) is 3.49. The molecule has 1 fully saturated rings. The van der Waals surface area contributed by atoms with Crippen molar-refractivity contribution in [2.75, 3.05) is 19.3 Å². The summed E-state index contributed by atoms with van der Waals surface area (Å²) in [5.41, 5.74) is 1.05. The van der Waals surface area contributed by atoms with Gasteiger partial charge in [-0.05, 0) is 49.4 Å². The molecule has 0 radical (unpaired) electrons. The van der Waals surface area contributed by atoms with E-state index in [0.29, 0.717) is 35.1 Å². The first-order chi connectivity index (χ1) is 15.4. The van der Waals surface area contributed by atoms with Crippen molar-refractivity contribution in [2.45, 2.75) is 29.2 Å². The average molecular weight is 493 g/mol. The van der Waals surface area contributed by atoms with E-state index < -0.39 is 10.0 Å². The number of likely N-dealkylation sites (tertiary alicyclic amines) is 1. The predicted molar refractivity (Wildman–Crippen MR) is 122 cm³/mol. The number of nitrogens with zero attached hydrogens (tertiary/aromatic N) is 3. The second-order valence-corrected chi connectivity index (χ2v) is 10.3. The maximum Gasteiger partial charge on any atom is 0.255 e. The fourth-order valence-electron chi connectivity index (χ4n) is 3.42. The summed E-state index contributed by atoms with van der Waals surface area (Å²) in [7, 11) is -3.90. The zero-order chi connectivity index (χ0) is 22.7. The second kappa shape index (κ2) is 9.62. The summed E-state index contributed by atoms with van der Waals surface area (Å²) in [5.74, 6) is 0.272. The van der Waals surface area contributed by atoms with Gasteiger partial charge in [0.1, 0.15) is 0 Å². The van der Waals surface area contributed by atoms with Crippen LogP contribution in [0.25, 0.3) is 11.4 Å². The third-order valence-corrected chi connectivity index (χ3v) is 7.50. The van der Waals surface area contributed by atoms with Crippen LogP contribution in [-0.2, 0) is 16.6 Å². The number of aromatic nitrogens is 2. The highest BCUT2D eigenvalue weighted by atomic mass is 35.5. The number of thioether (sulfide) groups is 1. The molecule has 0 saturated carbocycles. The largest absolute Gasteiger partial charge is 0.339 e. The highest BCUT2D eigenvalue weighted by Crippen LogP contribution is 2.26. The summed E-state index contributed by atoms with van der Waals surface area (Å²) in [6, 6.07) is 11.5. The molecule has 2 heterocycles. The van der Waals surface area contributed by atoms with E-state index in [1.54, 1.807) is 35.2 Å². The second-order valence-electron chi connectivity index (χ2n) is 7.21. The molecule has 0 aliphatic carbocycles. The molecule has 11 heteroatoms. The molecule has 3 aromatic rings. The van der Waals surface area contributed by atoms with Crippen LogP contribution in [0.5, 0.6) is 0 Å². The molecule has 1 aromatic heterocycles. The third-order valence-electron chi connectivity index (χ3n) is 5.07. The van der Waals surface area contributed by atoms with Crippen molar-refractivity contribution in [1.29, 1.82) is 0 Å². The van der Waals surface area contributed by atoms with Crippen molar-refractivity contribution in [3.8, 4) is 11.4 Å². The minimum atomic E-state index is -3.90. The standard InChI is InChI=1S/C21H21ClN4O4S2/c1-31-18-8-7-16(12-17(18)21(27)26-9-2-3-10-26)32(28,29)23-13-19-24-20(25-30-19)14-5-4-6-15(22)11-14/h4-8,11-12,23H,2-3,9-10,13H2,1H3. The number of hydrogen-bond acceptors (Lipinski definition) is 7. The molecule has 4 rings (SSSR count). The fraction of sp³-hybridized carbons (Fsp3) is 0.286. The summed E-state index contributed by atoms with van der Waals surface area (Å²) < 4.78 is 33.4. The molecule has 1 amide bonds. The van der Waals surface area contributed by atoms with E-state index in [9.17, 15) is 13.2 Å². The molecule has 32 heavy (non-hydrogen) atoms. The summed E-state index contributed by atoms with van der Waals surface area (Å²) in [6.45, 7) is 1.19. The number of carbonyl (C=O) groups excluding carboxylic acids is 1. The van der Waals surface area contributed by atoms with E-state index >= 15 is 0 Å². The van der Waals surface area contributed by atoms with Gasteiger partial charge in [0.15, 0.2) is 0 Å². The van der Waals surface area contributed by atoms with Gasteiger partial charge in [-0.15, -0.1) is 11.8 Å². The van der Waals surface area contributed by atoms with Gasteiger partial charge in [0.05, 0.1) is 17.0 Å². The number of halogens is 1. The van der Waals surface area contributed by atoms with Crippen molar-refractivity contribution in [1.82, 2.24) is 19.8 Å². The molecular formula is C21H21ClN4O4S2. The van der Waals surface area contributed by atoms with Crippen molar-refractivity contribution in [2.24, 2.45) is 0 Å². The number of sulfonamides is 1. The Bertz CT molecular complexity index is 1240. The Morgan fingerprint density at radius 1 is 1.22 bits per heavy atom. The number of benzene rings is 2. The maximum atomic E-state index is 12.9. The monoisotopic (exact) mass is 492 g/mol. The van der Waals surface area contributed by atoms with Gasteiger partial charge in [-0.1, -0.05) is 28.9 Å². The van der Waals surface area contributed by atoms with Gasteiger partial charge >= 0.3 is 0 Å². The molecule has 8 nitrogen and oxygen atoms in total. The number of carbonyl (C=O) groups is 1. The topological polar surface area (TPSA) is 105 Å². The SMILES string of the molecule is CSc1ccc(S(=O)(=O)NCc2nc(-c3cccc(Cl)c3)no2)cc1C(=O)N1CCCC1. The summed E-state index contributed by atoms with van der Waals surface area (Å²) in [5, 5.41) is 4.40. The van der Waals surface area contributed by atoms with Crippen LogP contribution in [0.4, 0.5) is 0 Å². The van der Waals surface area contributed by atoms with Gasteiger partial charge in [0, 0.05) is 28.6 Å². The first kappa shape index (κ1) is 22.8. The first-order valence-corrected chi connectivity index (χ1v) is 13.0. The molecule has 1 N–H and O–H groups in total. The highest BCUT2D eigenvalue weighted by molar-refractivity contribution is 7.98. The number of rotatable bonds is 7. The van der Waals surface area contributed by atoms with Crippen molar-refractivity contribution < 1.29 is 17.7 Å². The van der Waals surface area contributed by atoms with Crippen LogP contribution in [-0.4, -0.2) is 48.7 Å². The molecule has 0 spiro atoms. The van der Waals surface area contributed by atoms with Gasteiger partial charge in [-0.3, -0.25) is 4.79 Å². The summed E-state index contributed by atoms with van der Waals surface area (Å²) in [4.78, 5) is 19.6. The lowest BCUT2D eigenvalue weighted by Gasteiger charge is -2.18. The number of hydrogen-bond donors (Lipinski definition) is 1. The smallest absolute Gasteiger partial charge is 0.255 e. The van der Waals surface area contributed by atoms with Gasteiger partial charge in [0.2, 0.25) is 21.7 Å². The predicted octanol–water partition coefficient (Wildman–Crippen LogP) is 3.83. The van der Waals surface area contributed by atoms with Crippen LogP contribution in [0, 0.1) is 0 Å². The first-order valence-electron chi connectivity index (χ1n) is 9.93. The van der Waals surface area contributed by atoms with Crippen molar-refractivity contribution >= 4 is 39.3 Å². The molecule has 1 aliphatic heterocycles. The Hall–Kier alpha value is -2.40. The lowest BCUT2D eigenvalue weighted by atomic mass is 10.2. The Morgan fingerprint density at radius 2 is 2.00 bits per heavy atom. The van der Waals surface area contributed by atoms with E-state index in [4.69, 9.17) is 16.1 Å². The number of nitrogens with one attached hydrogen (secondary N) is 1. The van der Waals surface area contributed by atoms with E-state index in [1.165, 1.54) is 23.9 Å². The zero-order valence-corrected chi connectivity index (χ0v) is 19.6. The van der Waals surface area contributed by atoms with Crippen LogP contribution in [0.2, 0.25) is 5.02 Å². The van der Waals surface area contributed by atoms with E-state index in [2.05, 4.69) is 14.9 Å². The molecule has 0 bridgehead atoms. The minimum absolute atomic E-state index is 0.00688. The van der Waals surface area contributed by atoms with Crippen LogP contribution in [0.15, 0.2) is 56.8 Å².